The quantitative estimate of drug-likeness (QED) is 0.726. The predicted molar refractivity (Wildman–Crippen MR) is 47.6 cm³/mol. The molecule has 0 N–H and O–H groups in total. The summed E-state index contributed by atoms with van der Waals surface area (Å²) in [7, 11) is 0. The van der Waals surface area contributed by atoms with Gasteiger partial charge in [-0.15, -0.1) is 13.2 Å². The molecule has 0 aliphatic rings. The molecule has 2 rings (SSSR count). The van der Waals surface area contributed by atoms with Gasteiger partial charge in [0.25, 0.3) is 0 Å². The highest BCUT2D eigenvalue weighted by Gasteiger charge is 2.31. The average Bonchev–Trinajstić information content (AvgIpc) is 2.40. The Labute approximate surface area is 83.2 Å². The van der Waals surface area contributed by atoms with E-state index >= 15 is 0 Å². The number of benzene rings is 1. The second kappa shape index (κ2) is 3.18. The Morgan fingerprint density at radius 1 is 1.20 bits per heavy atom. The molecule has 80 valence electrons. The Balaban J connectivity index is 2.38. The van der Waals surface area contributed by atoms with Crippen molar-refractivity contribution in [3.8, 4) is 5.75 Å². The van der Waals surface area contributed by atoms with Gasteiger partial charge in [0.2, 0.25) is 0 Å². The standard InChI is InChI=1S/C10H7F3O2/c1-6-4-7-5-8(15-10(11,12)13)2-3-9(7)14-6/h2-5H,1H3. The molecule has 0 spiro atoms. The summed E-state index contributed by atoms with van der Waals surface area (Å²) in [5, 5.41) is 0.592. The van der Waals surface area contributed by atoms with E-state index in [0.717, 1.165) is 0 Å². The molecule has 0 saturated carbocycles. The average molecular weight is 216 g/mol. The number of ether oxygens (including phenoxy) is 1. The predicted octanol–water partition coefficient (Wildman–Crippen LogP) is 3.64. The molecule has 0 radical (unpaired) electrons. The summed E-state index contributed by atoms with van der Waals surface area (Å²) in [5.74, 6) is 0.407. The highest BCUT2D eigenvalue weighted by Crippen LogP contribution is 2.27. The molecule has 0 saturated heterocycles. The van der Waals surface area contributed by atoms with Crippen molar-refractivity contribution in [2.45, 2.75) is 13.3 Å². The lowest BCUT2D eigenvalue weighted by molar-refractivity contribution is -0.274. The molecule has 15 heavy (non-hydrogen) atoms. The lowest BCUT2D eigenvalue weighted by Crippen LogP contribution is -2.16. The Morgan fingerprint density at radius 2 is 1.93 bits per heavy atom. The summed E-state index contributed by atoms with van der Waals surface area (Å²) in [6.45, 7) is 1.73. The van der Waals surface area contributed by atoms with Crippen LogP contribution in [0.25, 0.3) is 11.0 Å². The van der Waals surface area contributed by atoms with E-state index in [1.54, 1.807) is 13.0 Å². The molecule has 0 bridgehead atoms. The van der Waals surface area contributed by atoms with Crippen LogP contribution in [0, 0.1) is 6.92 Å². The Bertz CT molecular complexity index is 485. The minimum absolute atomic E-state index is 0.240. The van der Waals surface area contributed by atoms with Crippen LogP contribution < -0.4 is 4.74 Å². The molecule has 0 aliphatic carbocycles. The number of hydrogen-bond donors (Lipinski definition) is 0. The zero-order chi connectivity index (χ0) is 11.1. The van der Waals surface area contributed by atoms with E-state index < -0.39 is 6.36 Å². The molecule has 0 aliphatic heterocycles. The summed E-state index contributed by atoms with van der Waals surface area (Å²) < 4.78 is 44.7. The van der Waals surface area contributed by atoms with Crippen molar-refractivity contribution in [1.82, 2.24) is 0 Å². The van der Waals surface area contributed by atoms with Gasteiger partial charge in [-0.05, 0) is 31.2 Å². The molecular formula is C10H7F3O2. The second-order valence-electron chi connectivity index (χ2n) is 3.10. The van der Waals surface area contributed by atoms with E-state index in [9.17, 15) is 13.2 Å². The fourth-order valence-corrected chi connectivity index (χ4v) is 1.35. The molecule has 1 heterocycles. The van der Waals surface area contributed by atoms with Gasteiger partial charge in [-0.3, -0.25) is 0 Å². The van der Waals surface area contributed by atoms with Crippen LogP contribution in [0.4, 0.5) is 13.2 Å². The highest BCUT2D eigenvalue weighted by atomic mass is 19.4. The zero-order valence-corrected chi connectivity index (χ0v) is 7.76. The van der Waals surface area contributed by atoms with Gasteiger partial charge in [-0.2, -0.15) is 0 Å². The summed E-state index contributed by atoms with van der Waals surface area (Å²) in [6, 6.07) is 5.61. The number of aryl methyl sites for hydroxylation is 1. The normalized spacial score (nSPS) is 12.0. The number of rotatable bonds is 1. The molecule has 1 aromatic carbocycles. The van der Waals surface area contributed by atoms with Crippen molar-refractivity contribution in [3.63, 3.8) is 0 Å². The van der Waals surface area contributed by atoms with E-state index in [-0.39, 0.29) is 5.75 Å². The van der Waals surface area contributed by atoms with Crippen molar-refractivity contribution in [2.75, 3.05) is 0 Å². The van der Waals surface area contributed by atoms with Gasteiger partial charge in [0.1, 0.15) is 17.1 Å². The third-order valence-electron chi connectivity index (χ3n) is 1.84. The minimum Gasteiger partial charge on any atom is -0.461 e. The van der Waals surface area contributed by atoms with E-state index in [4.69, 9.17) is 4.42 Å². The van der Waals surface area contributed by atoms with E-state index in [1.165, 1.54) is 18.2 Å². The first kappa shape index (κ1) is 9.89. The van der Waals surface area contributed by atoms with Crippen LogP contribution in [-0.2, 0) is 0 Å². The van der Waals surface area contributed by atoms with E-state index in [1.807, 2.05) is 0 Å². The molecule has 2 nitrogen and oxygen atoms in total. The van der Waals surface area contributed by atoms with Crippen molar-refractivity contribution in [3.05, 3.63) is 30.0 Å². The maximum Gasteiger partial charge on any atom is 0.573 e. The van der Waals surface area contributed by atoms with Crippen LogP contribution >= 0.6 is 0 Å². The van der Waals surface area contributed by atoms with Crippen LogP contribution in [0.5, 0.6) is 5.75 Å². The SMILES string of the molecule is Cc1cc2cc(OC(F)(F)F)ccc2o1. The van der Waals surface area contributed by atoms with Crippen molar-refractivity contribution in [1.29, 1.82) is 0 Å². The van der Waals surface area contributed by atoms with Gasteiger partial charge in [0.15, 0.2) is 0 Å². The number of hydrogen-bond acceptors (Lipinski definition) is 2. The molecule has 2 aromatic rings. The first-order valence-electron chi connectivity index (χ1n) is 4.20. The fourth-order valence-electron chi connectivity index (χ4n) is 1.35. The van der Waals surface area contributed by atoms with Crippen LogP contribution in [0.2, 0.25) is 0 Å². The molecule has 0 fully saturated rings. The van der Waals surface area contributed by atoms with Crippen LogP contribution in [-0.4, -0.2) is 6.36 Å². The first-order valence-corrected chi connectivity index (χ1v) is 4.20. The summed E-state index contributed by atoms with van der Waals surface area (Å²) >= 11 is 0. The number of halogens is 3. The van der Waals surface area contributed by atoms with Gasteiger partial charge < -0.3 is 9.15 Å². The second-order valence-corrected chi connectivity index (χ2v) is 3.10. The number of fused-ring (bicyclic) bond motifs is 1. The third-order valence-corrected chi connectivity index (χ3v) is 1.84. The van der Waals surface area contributed by atoms with Gasteiger partial charge in [-0.25, -0.2) is 0 Å². The van der Waals surface area contributed by atoms with E-state index in [2.05, 4.69) is 4.74 Å². The van der Waals surface area contributed by atoms with Gasteiger partial charge in [-0.1, -0.05) is 0 Å². The van der Waals surface area contributed by atoms with Crippen LogP contribution in [0.15, 0.2) is 28.7 Å². The Hall–Kier alpha value is -1.65. The Kier molecular flexibility index (Phi) is 2.10. The number of furan rings is 1. The van der Waals surface area contributed by atoms with E-state index in [0.29, 0.717) is 16.7 Å². The van der Waals surface area contributed by atoms with Crippen molar-refractivity contribution >= 4 is 11.0 Å². The van der Waals surface area contributed by atoms with Crippen molar-refractivity contribution < 1.29 is 22.3 Å². The van der Waals surface area contributed by atoms with Crippen LogP contribution in [0.3, 0.4) is 0 Å². The van der Waals surface area contributed by atoms with Crippen LogP contribution in [0.1, 0.15) is 5.76 Å². The third kappa shape index (κ3) is 2.23. The first-order chi connectivity index (χ1) is 6.94. The lowest BCUT2D eigenvalue weighted by Gasteiger charge is -2.07. The van der Waals surface area contributed by atoms with Gasteiger partial charge in [0, 0.05) is 5.39 Å². The summed E-state index contributed by atoms with van der Waals surface area (Å²) in [5.41, 5.74) is 0.544. The fraction of sp³-hybridized carbons (Fsp3) is 0.200. The molecule has 0 unspecified atom stereocenters. The maximum absolute atomic E-state index is 11.9. The molecule has 0 atom stereocenters. The maximum atomic E-state index is 11.9. The largest absolute Gasteiger partial charge is 0.573 e. The zero-order valence-electron chi connectivity index (χ0n) is 7.76. The van der Waals surface area contributed by atoms with Gasteiger partial charge >= 0.3 is 6.36 Å². The lowest BCUT2D eigenvalue weighted by atomic mass is 10.2. The summed E-state index contributed by atoms with van der Waals surface area (Å²) in [4.78, 5) is 0. The topological polar surface area (TPSA) is 22.4 Å². The summed E-state index contributed by atoms with van der Waals surface area (Å²) in [6.07, 6.45) is -4.66. The molecule has 1 aromatic heterocycles. The Morgan fingerprint density at radius 3 is 2.60 bits per heavy atom. The molecule has 0 amide bonds. The highest BCUT2D eigenvalue weighted by molar-refractivity contribution is 5.79. The monoisotopic (exact) mass is 216 g/mol. The van der Waals surface area contributed by atoms with Gasteiger partial charge in [0.05, 0.1) is 0 Å². The number of alkyl halides is 3. The van der Waals surface area contributed by atoms with Crippen molar-refractivity contribution in [2.24, 2.45) is 0 Å². The molecular weight excluding hydrogens is 209 g/mol. The molecule has 5 heteroatoms. The minimum atomic E-state index is -4.66. The smallest absolute Gasteiger partial charge is 0.461 e.